The van der Waals surface area contributed by atoms with E-state index in [1.165, 1.54) is 30.3 Å². The minimum absolute atomic E-state index is 0.0720. The van der Waals surface area contributed by atoms with Gasteiger partial charge >= 0.3 is 0 Å². The number of nitrogens with one attached hydrogen (secondary N) is 1. The molecule has 10 heteroatoms. The number of sulfonamides is 1. The van der Waals surface area contributed by atoms with Crippen molar-refractivity contribution >= 4 is 21.6 Å². The number of phenolic OH excluding ortho intramolecular Hbond substituents is 2. The van der Waals surface area contributed by atoms with Crippen molar-refractivity contribution in [1.29, 1.82) is 0 Å². The average molecular weight is 555 g/mol. The lowest BCUT2D eigenvalue weighted by atomic mass is 9.68. The first kappa shape index (κ1) is 28.4. The number of likely N-dealkylation sites (tertiary alicyclic amines) is 1. The summed E-state index contributed by atoms with van der Waals surface area (Å²) in [6.07, 6.45) is 1.05. The molecule has 1 unspecified atom stereocenters. The molecule has 0 radical (unpaired) electrons. The molecule has 1 aliphatic heterocycles. The van der Waals surface area contributed by atoms with Crippen LogP contribution in [0.1, 0.15) is 37.8 Å². The summed E-state index contributed by atoms with van der Waals surface area (Å²) >= 11 is 0. The Hall–Kier alpha value is -3.60. The molecule has 8 nitrogen and oxygen atoms in total. The van der Waals surface area contributed by atoms with Gasteiger partial charge < -0.3 is 15.1 Å². The van der Waals surface area contributed by atoms with Crippen molar-refractivity contribution < 1.29 is 32.6 Å². The van der Waals surface area contributed by atoms with E-state index in [4.69, 9.17) is 0 Å². The minimum Gasteiger partial charge on any atom is -0.508 e. The fourth-order valence-corrected chi connectivity index (χ4v) is 5.83. The van der Waals surface area contributed by atoms with Crippen molar-refractivity contribution in [3.05, 3.63) is 94.8 Å². The molecular formula is C29H31FN2O6S. The number of rotatable bonds is 9. The number of carbonyl (C=O) groups is 2. The first-order chi connectivity index (χ1) is 18.4. The normalized spacial score (nSPS) is 20.0. The maximum atomic E-state index is 14.8. The third kappa shape index (κ3) is 6.70. The fraction of sp³-hybridized carbons (Fsp3) is 0.310. The molecule has 0 amide bonds. The standard InChI is InChI=1S/C29H31FN2O6S/c1-18-23(10-5-11-26(18)30)27-24(28(35)19-6-3-8-21(33)14-19)16-32(13-12-31-39(2,37)38)17-25(27)29(36)20-7-4-9-22(34)15-20/h3-11,14-15,24-25,27,31,33-34H,12-13,16-17H2,1-2H3/t24-,25+,27?. The SMILES string of the molecule is Cc1c(F)cccc1C1[C@@H](C(=O)c2cccc(O)c2)CN(CCNS(C)(=O)=O)C[C@H]1C(=O)c1cccc(O)c1. The van der Waals surface area contributed by atoms with Crippen LogP contribution < -0.4 is 4.72 Å². The van der Waals surface area contributed by atoms with Crippen molar-refractivity contribution in [2.45, 2.75) is 12.8 Å². The number of carbonyl (C=O) groups excluding carboxylic acids is 2. The zero-order valence-corrected chi connectivity index (χ0v) is 22.5. The van der Waals surface area contributed by atoms with Gasteiger partial charge in [0.15, 0.2) is 11.6 Å². The maximum absolute atomic E-state index is 14.8. The zero-order valence-electron chi connectivity index (χ0n) is 21.7. The molecule has 1 fully saturated rings. The van der Waals surface area contributed by atoms with Crippen LogP contribution in [0.15, 0.2) is 66.7 Å². The molecule has 1 saturated heterocycles. The van der Waals surface area contributed by atoms with Gasteiger partial charge in [-0.05, 0) is 48.4 Å². The van der Waals surface area contributed by atoms with Crippen LogP contribution >= 0.6 is 0 Å². The summed E-state index contributed by atoms with van der Waals surface area (Å²) in [7, 11) is -3.45. The van der Waals surface area contributed by atoms with E-state index in [1.807, 2.05) is 4.90 Å². The van der Waals surface area contributed by atoms with Crippen LogP contribution in [0.2, 0.25) is 0 Å². The molecule has 1 heterocycles. The van der Waals surface area contributed by atoms with Gasteiger partial charge in [0.25, 0.3) is 0 Å². The Kier molecular flexibility index (Phi) is 8.48. The van der Waals surface area contributed by atoms with Crippen LogP contribution in [0, 0.1) is 24.6 Å². The van der Waals surface area contributed by atoms with E-state index in [9.17, 15) is 32.6 Å². The highest BCUT2D eigenvalue weighted by Gasteiger charge is 2.45. The Morgan fingerprint density at radius 2 is 1.44 bits per heavy atom. The van der Waals surface area contributed by atoms with Gasteiger partial charge in [-0.2, -0.15) is 0 Å². The highest BCUT2D eigenvalue weighted by Crippen LogP contribution is 2.42. The molecule has 206 valence electrons. The highest BCUT2D eigenvalue weighted by molar-refractivity contribution is 7.88. The van der Waals surface area contributed by atoms with Crippen LogP contribution in [0.3, 0.4) is 0 Å². The molecule has 0 bridgehead atoms. The summed E-state index contributed by atoms with van der Waals surface area (Å²) < 4.78 is 40.5. The summed E-state index contributed by atoms with van der Waals surface area (Å²) in [5, 5.41) is 20.1. The average Bonchev–Trinajstić information content (AvgIpc) is 2.88. The molecule has 3 aromatic carbocycles. The number of benzene rings is 3. The Bertz CT molecular complexity index is 1430. The quantitative estimate of drug-likeness (QED) is 0.346. The van der Waals surface area contributed by atoms with E-state index in [0.29, 0.717) is 11.1 Å². The summed E-state index contributed by atoms with van der Waals surface area (Å²) in [4.78, 5) is 29.8. The zero-order chi connectivity index (χ0) is 28.3. The smallest absolute Gasteiger partial charge is 0.208 e. The maximum Gasteiger partial charge on any atom is 0.208 e. The Morgan fingerprint density at radius 3 is 1.92 bits per heavy atom. The van der Waals surface area contributed by atoms with Crippen LogP contribution in [0.25, 0.3) is 0 Å². The van der Waals surface area contributed by atoms with Gasteiger partial charge in [0.05, 0.1) is 6.26 Å². The number of ketones is 2. The lowest BCUT2D eigenvalue weighted by Gasteiger charge is -2.43. The van der Waals surface area contributed by atoms with Gasteiger partial charge in [-0.15, -0.1) is 0 Å². The van der Waals surface area contributed by atoms with Gasteiger partial charge in [0.2, 0.25) is 10.0 Å². The van der Waals surface area contributed by atoms with Gasteiger partial charge in [0, 0.05) is 55.1 Å². The lowest BCUT2D eigenvalue weighted by molar-refractivity contribution is 0.0576. The summed E-state index contributed by atoms with van der Waals surface area (Å²) in [6, 6.07) is 16.5. The van der Waals surface area contributed by atoms with E-state index in [-0.39, 0.29) is 60.4 Å². The first-order valence-electron chi connectivity index (χ1n) is 12.5. The largest absolute Gasteiger partial charge is 0.508 e. The topological polar surface area (TPSA) is 124 Å². The molecule has 3 aromatic rings. The van der Waals surface area contributed by atoms with Gasteiger partial charge in [-0.25, -0.2) is 17.5 Å². The number of Topliss-reactive ketones (excluding diaryl/α,β-unsaturated/α-hetero) is 2. The third-order valence-electron chi connectivity index (χ3n) is 7.17. The number of aromatic hydroxyl groups is 2. The van der Waals surface area contributed by atoms with Gasteiger partial charge in [-0.3, -0.25) is 9.59 Å². The molecule has 0 aromatic heterocycles. The van der Waals surface area contributed by atoms with Crippen molar-refractivity contribution in [3.63, 3.8) is 0 Å². The van der Waals surface area contributed by atoms with Gasteiger partial charge in [-0.1, -0.05) is 36.4 Å². The molecular weight excluding hydrogens is 523 g/mol. The molecule has 4 rings (SSSR count). The second kappa shape index (κ2) is 11.6. The van der Waals surface area contributed by atoms with Crippen LogP contribution in [0.5, 0.6) is 11.5 Å². The van der Waals surface area contributed by atoms with Crippen molar-refractivity contribution in [1.82, 2.24) is 9.62 Å². The molecule has 0 saturated carbocycles. The number of piperidine rings is 1. The van der Waals surface area contributed by atoms with E-state index >= 15 is 0 Å². The fourth-order valence-electron chi connectivity index (χ4n) is 5.37. The molecule has 3 N–H and O–H groups in total. The Labute approximate surface area is 227 Å². The Balaban J connectivity index is 1.82. The minimum atomic E-state index is -3.45. The summed E-state index contributed by atoms with van der Waals surface area (Å²) in [6.45, 7) is 2.28. The molecule has 39 heavy (non-hydrogen) atoms. The number of halogens is 1. The van der Waals surface area contributed by atoms with E-state index in [1.54, 1.807) is 43.3 Å². The predicted molar refractivity (Wildman–Crippen MR) is 145 cm³/mol. The first-order valence-corrected chi connectivity index (χ1v) is 14.4. The number of nitrogens with zero attached hydrogens (tertiary/aromatic N) is 1. The molecule has 0 spiro atoms. The van der Waals surface area contributed by atoms with Crippen LogP contribution in [-0.4, -0.2) is 67.5 Å². The monoisotopic (exact) mass is 554 g/mol. The summed E-state index contributed by atoms with van der Waals surface area (Å²) in [5.74, 6) is -3.63. The van der Waals surface area contributed by atoms with Crippen molar-refractivity contribution in [3.8, 4) is 11.5 Å². The predicted octanol–water partition coefficient (Wildman–Crippen LogP) is 3.49. The third-order valence-corrected chi connectivity index (χ3v) is 7.90. The second-order valence-electron chi connectivity index (χ2n) is 9.95. The van der Waals surface area contributed by atoms with Crippen molar-refractivity contribution in [2.24, 2.45) is 11.8 Å². The number of hydrogen-bond donors (Lipinski definition) is 3. The number of phenols is 2. The molecule has 0 aliphatic carbocycles. The van der Waals surface area contributed by atoms with Crippen LogP contribution in [-0.2, 0) is 10.0 Å². The van der Waals surface area contributed by atoms with E-state index < -0.39 is 33.6 Å². The summed E-state index contributed by atoms with van der Waals surface area (Å²) in [5.41, 5.74) is 1.36. The van der Waals surface area contributed by atoms with E-state index in [0.717, 1.165) is 6.26 Å². The van der Waals surface area contributed by atoms with Crippen molar-refractivity contribution in [2.75, 3.05) is 32.4 Å². The lowest BCUT2D eigenvalue weighted by Crippen LogP contribution is -2.52. The molecule has 3 atom stereocenters. The molecule has 1 aliphatic rings. The van der Waals surface area contributed by atoms with Gasteiger partial charge in [0.1, 0.15) is 17.3 Å². The highest BCUT2D eigenvalue weighted by atomic mass is 32.2. The number of hydrogen-bond acceptors (Lipinski definition) is 7. The Morgan fingerprint density at radius 1 is 0.923 bits per heavy atom. The van der Waals surface area contributed by atoms with Crippen LogP contribution in [0.4, 0.5) is 4.39 Å². The second-order valence-corrected chi connectivity index (χ2v) is 11.8. The van der Waals surface area contributed by atoms with E-state index in [2.05, 4.69) is 4.72 Å².